The Balaban J connectivity index is -0.0000000770. The molecule has 0 heterocycles. The zero-order valence-electron chi connectivity index (χ0n) is 5.40. The fraction of sp³-hybridized carbons (Fsp3) is 1.00. The summed E-state index contributed by atoms with van der Waals surface area (Å²) >= 11 is 0. The van der Waals surface area contributed by atoms with Crippen molar-refractivity contribution in [1.29, 1.82) is 0 Å². The van der Waals surface area contributed by atoms with Crippen molar-refractivity contribution in [2.45, 2.75) is 5.51 Å². The van der Waals surface area contributed by atoms with Crippen LogP contribution < -0.4 is 0 Å². The summed E-state index contributed by atoms with van der Waals surface area (Å²) in [5, 5.41) is 0. The maximum absolute atomic E-state index is 10.7. The van der Waals surface area contributed by atoms with Gasteiger partial charge in [0.05, 0.1) is 0 Å². The molecule has 15 heavy (non-hydrogen) atoms. The van der Waals surface area contributed by atoms with Gasteiger partial charge in [-0.15, -0.1) is 0 Å². The fourth-order valence-corrected chi connectivity index (χ4v) is 0. The molecule has 14 heteroatoms. The first kappa shape index (κ1) is 26.3. The molecule has 0 unspecified atom stereocenters. The van der Waals surface area contributed by atoms with Gasteiger partial charge < -0.3 is 17.3 Å². The van der Waals surface area contributed by atoms with E-state index in [1.54, 1.807) is 0 Å². The van der Waals surface area contributed by atoms with Gasteiger partial charge in [-0.05, 0) is 0 Å². The quantitative estimate of drug-likeness (QED) is 0.304. The van der Waals surface area contributed by atoms with E-state index in [4.69, 9.17) is 13.0 Å². The number of alkyl halides is 3. The van der Waals surface area contributed by atoms with Crippen molar-refractivity contribution in [2.24, 2.45) is 0 Å². The summed E-state index contributed by atoms with van der Waals surface area (Å²) in [7, 11) is -11.8. The van der Waals surface area contributed by atoms with Crippen LogP contribution in [-0.4, -0.2) is 129 Å². The van der Waals surface area contributed by atoms with Gasteiger partial charge in [0.2, 0.25) is 0 Å². The Morgan fingerprint density at radius 1 is 0.933 bits per heavy atom. The first-order chi connectivity index (χ1) is 5.25. The summed E-state index contributed by atoms with van der Waals surface area (Å²) in [6, 6.07) is 0. The van der Waals surface area contributed by atoms with Crippen LogP contribution in [0.5, 0.6) is 0 Å². The van der Waals surface area contributed by atoms with Crippen LogP contribution in [0.3, 0.4) is 0 Å². The average molecular weight is 317 g/mol. The van der Waals surface area contributed by atoms with Crippen LogP contribution in [0, 0.1) is 0 Å². The third-order valence-corrected chi connectivity index (χ3v) is 0.877. The van der Waals surface area contributed by atoms with Crippen LogP contribution in [-0.2, 0) is 10.1 Å². The SMILES string of the molecule is F[B-](F)(F)F.O=S(=O)(O)C(F)(F)F.[KH].[KH]. The van der Waals surface area contributed by atoms with Crippen molar-refractivity contribution in [3.05, 3.63) is 0 Å². The second-order valence-corrected chi connectivity index (χ2v) is 2.83. The number of rotatable bonds is 0. The topological polar surface area (TPSA) is 54.4 Å². The number of halogens is 7. The summed E-state index contributed by atoms with van der Waals surface area (Å²) in [4.78, 5) is 0. The van der Waals surface area contributed by atoms with E-state index in [1.165, 1.54) is 0 Å². The van der Waals surface area contributed by atoms with Gasteiger partial charge in [0.1, 0.15) is 0 Å². The van der Waals surface area contributed by atoms with E-state index in [1.807, 2.05) is 0 Å². The Morgan fingerprint density at radius 2 is 1.00 bits per heavy atom. The molecule has 3 nitrogen and oxygen atoms in total. The second kappa shape index (κ2) is 9.66. The average Bonchev–Trinajstić information content (AvgIpc) is 1.50. The molecular weight excluding hydrogens is 314 g/mol. The second-order valence-electron chi connectivity index (χ2n) is 1.42. The molecule has 0 atom stereocenters. The van der Waals surface area contributed by atoms with E-state index < -0.39 is 22.9 Å². The molecule has 0 aliphatic rings. The normalized spacial score (nSPS) is 11.5. The standard InChI is InChI=1S/CHF3O3S.BF4.2K.2H/c2-1(3,4)8(5,6)7;2-1(3,4)5;;;;/h(H,5,6,7);;;;;/q;-1;;;;. The maximum atomic E-state index is 10.7. The summed E-state index contributed by atoms with van der Waals surface area (Å²) in [6.45, 7) is 0. The zero-order chi connectivity index (χ0) is 11.5. The summed E-state index contributed by atoms with van der Waals surface area (Å²) in [5.41, 5.74) is -5.53. The van der Waals surface area contributed by atoms with E-state index in [2.05, 4.69) is 0 Å². The molecule has 1 N–H and O–H groups in total. The fourth-order valence-electron chi connectivity index (χ4n) is 0. The van der Waals surface area contributed by atoms with Crippen molar-refractivity contribution < 1.29 is 43.4 Å². The first-order valence-electron chi connectivity index (χ1n) is 2.16. The van der Waals surface area contributed by atoms with Crippen LogP contribution in [0.4, 0.5) is 30.4 Å². The Kier molecular flexibility index (Phi) is 17.0. The molecule has 0 fully saturated rings. The summed E-state index contributed by atoms with van der Waals surface area (Å²) in [6.07, 6.45) is 0. The molecule has 0 rings (SSSR count). The van der Waals surface area contributed by atoms with E-state index in [9.17, 15) is 30.4 Å². The molecule has 0 saturated heterocycles. The predicted octanol–water partition coefficient (Wildman–Crippen LogP) is 0.397. The first-order valence-corrected chi connectivity index (χ1v) is 3.60. The molecule has 0 aromatic heterocycles. The van der Waals surface area contributed by atoms with Gasteiger partial charge in [-0.1, -0.05) is 0 Å². The van der Waals surface area contributed by atoms with Gasteiger partial charge in [-0.25, -0.2) is 0 Å². The summed E-state index contributed by atoms with van der Waals surface area (Å²) < 4.78 is 96.5. The monoisotopic (exact) mass is 317 g/mol. The molecular formula is CH3BF7K2O3S-. The summed E-state index contributed by atoms with van der Waals surface area (Å²) in [5.74, 6) is 0. The Labute approximate surface area is 165 Å². The van der Waals surface area contributed by atoms with Gasteiger partial charge in [0.25, 0.3) is 0 Å². The molecule has 0 aromatic rings. The van der Waals surface area contributed by atoms with Gasteiger partial charge in [-0.2, -0.15) is 21.6 Å². The van der Waals surface area contributed by atoms with Gasteiger partial charge in [-0.3, -0.25) is 4.55 Å². The minimum absolute atomic E-state index is 0. The Morgan fingerprint density at radius 3 is 1.00 bits per heavy atom. The molecule has 0 spiro atoms. The van der Waals surface area contributed by atoms with Gasteiger partial charge >= 0.3 is 126 Å². The molecule has 86 valence electrons. The molecule has 0 aliphatic carbocycles. The van der Waals surface area contributed by atoms with E-state index >= 15 is 0 Å². The predicted molar refractivity (Wildman–Crippen MR) is 42.1 cm³/mol. The van der Waals surface area contributed by atoms with Crippen LogP contribution in [0.1, 0.15) is 0 Å². The third-order valence-electron chi connectivity index (χ3n) is 0.292. The molecule has 0 radical (unpaired) electrons. The molecule has 0 aliphatic heterocycles. The van der Waals surface area contributed by atoms with Crippen molar-refractivity contribution in [3.63, 3.8) is 0 Å². The minimum atomic E-state index is -6.00. The van der Waals surface area contributed by atoms with Crippen LogP contribution in [0.15, 0.2) is 0 Å². The van der Waals surface area contributed by atoms with E-state index in [0.29, 0.717) is 0 Å². The van der Waals surface area contributed by atoms with Crippen LogP contribution in [0.2, 0.25) is 0 Å². The van der Waals surface area contributed by atoms with Crippen molar-refractivity contribution in [3.8, 4) is 0 Å². The zero-order valence-corrected chi connectivity index (χ0v) is 6.21. The molecule has 0 saturated carbocycles. The van der Waals surface area contributed by atoms with Crippen LogP contribution >= 0.6 is 0 Å². The molecule has 0 aromatic carbocycles. The number of hydrogen-bond acceptors (Lipinski definition) is 2. The number of hydrogen-bond donors (Lipinski definition) is 1. The van der Waals surface area contributed by atoms with Crippen molar-refractivity contribution in [1.82, 2.24) is 0 Å². The van der Waals surface area contributed by atoms with Crippen LogP contribution in [0.25, 0.3) is 0 Å². The van der Waals surface area contributed by atoms with Gasteiger partial charge in [0, 0.05) is 0 Å². The van der Waals surface area contributed by atoms with E-state index in [-0.39, 0.29) is 103 Å². The van der Waals surface area contributed by atoms with Crippen molar-refractivity contribution in [2.75, 3.05) is 0 Å². The third kappa shape index (κ3) is 26.4. The Hall–Kier alpha value is 2.76. The molecule has 0 bridgehead atoms. The van der Waals surface area contributed by atoms with Crippen molar-refractivity contribution >= 4 is 120 Å². The molecule has 0 amide bonds. The van der Waals surface area contributed by atoms with E-state index in [0.717, 1.165) is 0 Å². The Bertz CT molecular complexity index is 238. The van der Waals surface area contributed by atoms with Gasteiger partial charge in [0.15, 0.2) is 0 Å².